The maximum atomic E-state index is 8.88. The largest absolute Gasteiger partial charge is 0.466 e. The zero-order valence-corrected chi connectivity index (χ0v) is 16.6. The van der Waals surface area contributed by atoms with Gasteiger partial charge < -0.3 is 14.7 Å². The van der Waals surface area contributed by atoms with Crippen LogP contribution in [0.4, 0.5) is 0 Å². The van der Waals surface area contributed by atoms with Gasteiger partial charge in [-0.15, -0.1) is 7.92 Å². The van der Waals surface area contributed by atoms with Gasteiger partial charge in [0.2, 0.25) is 0 Å². The zero-order valence-electron chi connectivity index (χ0n) is 14.8. The highest BCUT2D eigenvalue weighted by Crippen LogP contribution is 2.26. The minimum atomic E-state index is -4.64. The van der Waals surface area contributed by atoms with Crippen molar-refractivity contribution in [1.29, 1.82) is 0 Å². The highest BCUT2D eigenvalue weighted by atomic mass is 31.2. The molecule has 0 saturated carbocycles. The van der Waals surface area contributed by atoms with Crippen molar-refractivity contribution in [3.05, 3.63) is 0 Å². The van der Waals surface area contributed by atoms with E-state index in [1.54, 1.807) is 0 Å². The van der Waals surface area contributed by atoms with E-state index in [9.17, 15) is 0 Å². The average molecular weight is 356 g/mol. The molecule has 22 heavy (non-hydrogen) atoms. The lowest BCUT2D eigenvalue weighted by atomic mass is 10.1. The molecule has 4 nitrogen and oxygen atoms in total. The van der Waals surface area contributed by atoms with Crippen molar-refractivity contribution >= 4 is 15.7 Å². The van der Waals surface area contributed by atoms with E-state index in [4.69, 9.17) is 19.2 Å². The van der Waals surface area contributed by atoms with Crippen LogP contribution >= 0.6 is 15.7 Å². The third-order valence-electron chi connectivity index (χ3n) is 3.46. The highest BCUT2D eigenvalue weighted by molar-refractivity contribution is 7.55. The molecule has 0 aromatic heterocycles. The molecule has 0 aliphatic heterocycles. The van der Waals surface area contributed by atoms with Gasteiger partial charge in [0.1, 0.15) is 0 Å². The molecule has 0 unspecified atom stereocenters. The van der Waals surface area contributed by atoms with Gasteiger partial charge in [-0.25, -0.2) is 4.57 Å². The van der Waals surface area contributed by atoms with E-state index in [2.05, 4.69) is 20.3 Å². The summed E-state index contributed by atoms with van der Waals surface area (Å²) in [5, 5.41) is 0. The number of unbranched alkanes of at least 4 members (excludes halogenated alkanes) is 11. The predicted octanol–water partition coefficient (Wildman–Crippen LogP) is 5.50. The Hall–Kier alpha value is 0.540. The SMILES string of the molecule is CCCCCCCCCCCCCCP(C)C.O=P(O)(O)O. The van der Waals surface area contributed by atoms with Gasteiger partial charge in [0.25, 0.3) is 0 Å². The Labute approximate surface area is 139 Å². The average Bonchev–Trinajstić information content (AvgIpc) is 2.38. The molecule has 0 amide bonds. The van der Waals surface area contributed by atoms with Crippen LogP contribution in [0.1, 0.15) is 84.0 Å². The molecule has 0 radical (unpaired) electrons. The summed E-state index contributed by atoms with van der Waals surface area (Å²) in [6.45, 7) is 7.09. The van der Waals surface area contributed by atoms with Gasteiger partial charge in [0, 0.05) is 0 Å². The predicted molar refractivity (Wildman–Crippen MR) is 99.0 cm³/mol. The van der Waals surface area contributed by atoms with Gasteiger partial charge in [-0.1, -0.05) is 77.6 Å². The van der Waals surface area contributed by atoms with E-state index in [1.165, 1.54) is 83.2 Å². The van der Waals surface area contributed by atoms with Crippen LogP contribution in [-0.2, 0) is 4.57 Å². The zero-order chi connectivity index (χ0) is 17.3. The Balaban J connectivity index is 0. The first-order chi connectivity index (χ1) is 10.3. The van der Waals surface area contributed by atoms with E-state index in [0.717, 1.165) is 0 Å². The number of rotatable bonds is 13. The minimum absolute atomic E-state index is 0.362. The summed E-state index contributed by atoms with van der Waals surface area (Å²) in [6.07, 6.45) is 19.1. The summed E-state index contributed by atoms with van der Waals surface area (Å²) in [5.74, 6) is 0. The Bertz CT molecular complexity index is 246. The van der Waals surface area contributed by atoms with Gasteiger partial charge in [-0.2, -0.15) is 0 Å². The Kier molecular flexibility index (Phi) is 20.2. The first-order valence-electron chi connectivity index (χ1n) is 8.70. The summed E-state index contributed by atoms with van der Waals surface area (Å²) in [6, 6.07) is 0. The lowest BCUT2D eigenvalue weighted by Crippen LogP contribution is -1.85. The van der Waals surface area contributed by atoms with Crippen LogP contribution in [0.25, 0.3) is 0 Å². The van der Waals surface area contributed by atoms with Gasteiger partial charge in [-0.3, -0.25) is 0 Å². The molecule has 0 aliphatic carbocycles. The van der Waals surface area contributed by atoms with Crippen molar-refractivity contribution < 1.29 is 19.2 Å². The highest BCUT2D eigenvalue weighted by Gasteiger charge is 2.00. The van der Waals surface area contributed by atoms with Crippen LogP contribution in [0, 0.1) is 0 Å². The molecular weight excluding hydrogens is 318 g/mol. The minimum Gasteiger partial charge on any atom is -0.303 e. The summed E-state index contributed by atoms with van der Waals surface area (Å²) < 4.78 is 8.88. The van der Waals surface area contributed by atoms with Crippen molar-refractivity contribution in [3.63, 3.8) is 0 Å². The van der Waals surface area contributed by atoms with Gasteiger partial charge in [-0.05, 0) is 25.9 Å². The van der Waals surface area contributed by atoms with E-state index in [-0.39, 0.29) is 0 Å². The quantitative estimate of drug-likeness (QED) is 0.301. The molecule has 3 N–H and O–H groups in total. The summed E-state index contributed by atoms with van der Waals surface area (Å²) >= 11 is 0. The lowest BCUT2D eigenvalue weighted by Gasteiger charge is -2.05. The normalized spacial score (nSPS) is 11.4. The maximum absolute atomic E-state index is 8.88. The van der Waals surface area contributed by atoms with Crippen molar-refractivity contribution in [2.24, 2.45) is 0 Å². The van der Waals surface area contributed by atoms with Gasteiger partial charge in [0.15, 0.2) is 0 Å². The maximum Gasteiger partial charge on any atom is 0.466 e. The fourth-order valence-corrected chi connectivity index (χ4v) is 3.13. The molecule has 0 aromatic carbocycles. The molecule has 0 saturated heterocycles. The molecule has 136 valence electrons. The van der Waals surface area contributed by atoms with Crippen LogP contribution in [0.5, 0.6) is 0 Å². The summed E-state index contributed by atoms with van der Waals surface area (Å²) in [5.41, 5.74) is 0. The van der Waals surface area contributed by atoms with Crippen LogP contribution in [0.2, 0.25) is 0 Å². The molecule has 0 fully saturated rings. The third kappa shape index (κ3) is 37.1. The monoisotopic (exact) mass is 356 g/mol. The van der Waals surface area contributed by atoms with Crippen molar-refractivity contribution in [3.8, 4) is 0 Å². The molecule has 0 bridgehead atoms. The van der Waals surface area contributed by atoms with E-state index < -0.39 is 7.82 Å². The van der Waals surface area contributed by atoms with E-state index in [1.807, 2.05) is 0 Å². The van der Waals surface area contributed by atoms with Crippen molar-refractivity contribution in [1.82, 2.24) is 0 Å². The Morgan fingerprint density at radius 1 is 0.682 bits per heavy atom. The Morgan fingerprint density at radius 2 is 0.955 bits per heavy atom. The van der Waals surface area contributed by atoms with Crippen molar-refractivity contribution in [2.75, 3.05) is 19.5 Å². The van der Waals surface area contributed by atoms with Gasteiger partial charge in [0.05, 0.1) is 0 Å². The standard InChI is InChI=1S/C16H35P.H3O4P/c1-4-5-6-7-8-9-10-11-12-13-14-15-16-17(2)3;1-5(2,3)4/h4-16H2,1-3H3;(H3,1,2,3,4). The molecule has 0 atom stereocenters. The van der Waals surface area contributed by atoms with Gasteiger partial charge >= 0.3 is 7.82 Å². The van der Waals surface area contributed by atoms with Crippen molar-refractivity contribution in [2.45, 2.75) is 84.0 Å². The van der Waals surface area contributed by atoms with Crippen LogP contribution < -0.4 is 0 Å². The summed E-state index contributed by atoms with van der Waals surface area (Å²) in [4.78, 5) is 21.6. The number of hydrogen-bond donors (Lipinski definition) is 3. The molecule has 0 heterocycles. The second-order valence-electron chi connectivity index (χ2n) is 6.21. The van der Waals surface area contributed by atoms with Crippen LogP contribution in [-0.4, -0.2) is 34.2 Å². The number of phosphoric acid groups is 1. The lowest BCUT2D eigenvalue weighted by molar-refractivity contribution is 0.275. The molecule has 0 aliphatic rings. The van der Waals surface area contributed by atoms with Crippen LogP contribution in [0.3, 0.4) is 0 Å². The molecule has 0 spiro atoms. The summed E-state index contributed by atoms with van der Waals surface area (Å²) in [7, 11) is -4.28. The molecular formula is C16H38O4P2. The molecule has 0 aromatic rings. The van der Waals surface area contributed by atoms with E-state index in [0.29, 0.717) is 7.92 Å². The topological polar surface area (TPSA) is 77.8 Å². The smallest absolute Gasteiger partial charge is 0.303 e. The third-order valence-corrected chi connectivity index (χ3v) is 4.67. The number of hydrogen-bond acceptors (Lipinski definition) is 1. The first-order valence-corrected chi connectivity index (χ1v) is 12.7. The van der Waals surface area contributed by atoms with Crippen LogP contribution in [0.15, 0.2) is 0 Å². The second-order valence-corrected chi connectivity index (χ2v) is 9.84. The second kappa shape index (κ2) is 17.9. The fraction of sp³-hybridized carbons (Fsp3) is 1.00. The first kappa shape index (κ1) is 24.8. The fourth-order valence-electron chi connectivity index (χ4n) is 2.27. The van der Waals surface area contributed by atoms with E-state index >= 15 is 0 Å². The molecule has 6 heteroatoms. The molecule has 0 rings (SSSR count). The Morgan fingerprint density at radius 3 is 1.23 bits per heavy atom.